The number of morpholine rings is 1. The Morgan fingerprint density at radius 2 is 1.75 bits per heavy atom. The van der Waals surface area contributed by atoms with Crippen LogP contribution in [0.4, 0.5) is 0 Å². The molecular formula is C20H31ClN4O3+2. The molecule has 0 spiro atoms. The molecule has 3 N–H and O–H groups in total. The summed E-state index contributed by atoms with van der Waals surface area (Å²) in [6, 6.07) is 7.89. The first kappa shape index (κ1) is 21.0. The van der Waals surface area contributed by atoms with E-state index >= 15 is 0 Å². The van der Waals surface area contributed by atoms with Crippen LogP contribution >= 0.6 is 11.6 Å². The lowest BCUT2D eigenvalue weighted by Crippen LogP contribution is -3.16. The van der Waals surface area contributed by atoms with E-state index in [-0.39, 0.29) is 17.9 Å². The Balaban J connectivity index is 1.39. The normalized spacial score (nSPS) is 19.5. The van der Waals surface area contributed by atoms with Gasteiger partial charge in [0.2, 0.25) is 0 Å². The van der Waals surface area contributed by atoms with Gasteiger partial charge in [0.05, 0.1) is 39.4 Å². The SMILES string of the molecule is C[C@@H]([NH2+]CC(=O)N1CC[NH+](CC(=O)N2CCOCC2)CC1)c1ccccc1Cl. The molecule has 0 saturated carbocycles. The molecule has 1 aromatic carbocycles. The average molecular weight is 411 g/mol. The van der Waals surface area contributed by atoms with E-state index < -0.39 is 0 Å². The van der Waals surface area contributed by atoms with Crippen molar-refractivity contribution in [1.29, 1.82) is 0 Å². The number of nitrogens with one attached hydrogen (secondary N) is 1. The second-order valence-corrected chi connectivity index (χ2v) is 7.96. The van der Waals surface area contributed by atoms with E-state index in [1.165, 1.54) is 4.90 Å². The van der Waals surface area contributed by atoms with E-state index in [1.807, 2.05) is 39.4 Å². The number of quaternary nitrogens is 2. The number of rotatable bonds is 6. The number of carbonyl (C=O) groups excluding carboxylic acids is 2. The third-order valence-electron chi connectivity index (χ3n) is 5.63. The molecule has 154 valence electrons. The van der Waals surface area contributed by atoms with Crippen LogP contribution in [0, 0.1) is 0 Å². The van der Waals surface area contributed by atoms with Gasteiger partial charge in [0.15, 0.2) is 13.1 Å². The van der Waals surface area contributed by atoms with Gasteiger partial charge in [-0.25, -0.2) is 0 Å². The van der Waals surface area contributed by atoms with Gasteiger partial charge in [-0.3, -0.25) is 9.59 Å². The molecule has 7 nitrogen and oxygen atoms in total. The molecule has 0 bridgehead atoms. The molecule has 0 aromatic heterocycles. The van der Waals surface area contributed by atoms with Crippen LogP contribution in [-0.4, -0.2) is 87.2 Å². The summed E-state index contributed by atoms with van der Waals surface area (Å²) < 4.78 is 5.30. The van der Waals surface area contributed by atoms with E-state index in [4.69, 9.17) is 16.3 Å². The predicted molar refractivity (Wildman–Crippen MR) is 106 cm³/mol. The molecule has 0 aliphatic carbocycles. The Morgan fingerprint density at radius 1 is 1.11 bits per heavy atom. The number of amides is 2. The maximum atomic E-state index is 12.6. The number of nitrogens with zero attached hydrogens (tertiary/aromatic N) is 2. The number of hydrogen-bond donors (Lipinski definition) is 2. The number of benzene rings is 1. The molecule has 1 aromatic rings. The first-order chi connectivity index (χ1) is 13.5. The molecule has 0 unspecified atom stereocenters. The zero-order valence-electron chi connectivity index (χ0n) is 16.5. The minimum absolute atomic E-state index is 0.135. The lowest BCUT2D eigenvalue weighted by molar-refractivity contribution is -0.896. The first-order valence-corrected chi connectivity index (χ1v) is 10.5. The molecule has 2 fully saturated rings. The minimum atomic E-state index is 0.135. The van der Waals surface area contributed by atoms with Crippen LogP contribution in [0.5, 0.6) is 0 Å². The highest BCUT2D eigenvalue weighted by Gasteiger charge is 2.28. The Kier molecular flexibility index (Phi) is 7.67. The summed E-state index contributed by atoms with van der Waals surface area (Å²) in [6.07, 6.45) is 0. The molecule has 0 radical (unpaired) electrons. The highest BCUT2D eigenvalue weighted by Crippen LogP contribution is 2.19. The molecule has 2 aliphatic rings. The number of carbonyl (C=O) groups is 2. The van der Waals surface area contributed by atoms with Crippen molar-refractivity contribution in [3.63, 3.8) is 0 Å². The monoisotopic (exact) mass is 410 g/mol. The van der Waals surface area contributed by atoms with Crippen LogP contribution in [0.15, 0.2) is 24.3 Å². The molecule has 2 aliphatic heterocycles. The van der Waals surface area contributed by atoms with Gasteiger partial charge in [-0.1, -0.05) is 29.8 Å². The van der Waals surface area contributed by atoms with Gasteiger partial charge in [0.25, 0.3) is 11.8 Å². The van der Waals surface area contributed by atoms with Crippen molar-refractivity contribution in [3.05, 3.63) is 34.9 Å². The maximum absolute atomic E-state index is 12.6. The van der Waals surface area contributed by atoms with Crippen molar-refractivity contribution >= 4 is 23.4 Å². The van der Waals surface area contributed by atoms with Crippen molar-refractivity contribution in [1.82, 2.24) is 9.80 Å². The second kappa shape index (κ2) is 10.2. The molecular weight excluding hydrogens is 380 g/mol. The van der Waals surface area contributed by atoms with E-state index in [9.17, 15) is 9.59 Å². The van der Waals surface area contributed by atoms with E-state index in [0.717, 1.165) is 23.7 Å². The molecule has 2 amide bonds. The Labute approximate surface area is 171 Å². The Morgan fingerprint density at radius 3 is 2.43 bits per heavy atom. The summed E-state index contributed by atoms with van der Waals surface area (Å²) in [6.45, 7) is 8.69. The second-order valence-electron chi connectivity index (χ2n) is 7.55. The molecule has 8 heteroatoms. The van der Waals surface area contributed by atoms with Crippen LogP contribution in [0.2, 0.25) is 5.02 Å². The largest absolute Gasteiger partial charge is 0.378 e. The Bertz CT molecular complexity index is 673. The number of halogens is 1. The first-order valence-electron chi connectivity index (χ1n) is 10.1. The van der Waals surface area contributed by atoms with Crippen LogP contribution in [0.1, 0.15) is 18.5 Å². The van der Waals surface area contributed by atoms with Crippen molar-refractivity contribution in [2.45, 2.75) is 13.0 Å². The van der Waals surface area contributed by atoms with Gasteiger partial charge in [-0.2, -0.15) is 0 Å². The fourth-order valence-corrected chi connectivity index (χ4v) is 4.07. The molecule has 1 atom stereocenters. The number of ether oxygens (including phenoxy) is 1. The van der Waals surface area contributed by atoms with Gasteiger partial charge < -0.3 is 24.8 Å². The Hall–Kier alpha value is -1.67. The topological polar surface area (TPSA) is 70.9 Å². The summed E-state index contributed by atoms with van der Waals surface area (Å²) in [5.74, 6) is 0.345. The zero-order chi connectivity index (χ0) is 19.9. The smallest absolute Gasteiger partial charge is 0.278 e. The van der Waals surface area contributed by atoms with Crippen molar-refractivity contribution in [3.8, 4) is 0 Å². The maximum Gasteiger partial charge on any atom is 0.278 e. The van der Waals surface area contributed by atoms with Gasteiger partial charge >= 0.3 is 0 Å². The average Bonchev–Trinajstić information content (AvgIpc) is 2.73. The predicted octanol–water partition coefficient (Wildman–Crippen LogP) is -1.45. The van der Waals surface area contributed by atoms with Crippen molar-refractivity contribution in [2.75, 3.05) is 65.6 Å². The van der Waals surface area contributed by atoms with Gasteiger partial charge in [-0.05, 0) is 13.0 Å². The fraction of sp³-hybridized carbons (Fsp3) is 0.600. The molecule has 2 saturated heterocycles. The summed E-state index contributed by atoms with van der Waals surface area (Å²) in [5, 5.41) is 2.77. The number of nitrogens with two attached hydrogens (primary N) is 1. The summed E-state index contributed by atoms with van der Waals surface area (Å²) in [5.41, 5.74) is 1.05. The van der Waals surface area contributed by atoms with Crippen LogP contribution < -0.4 is 10.2 Å². The number of piperazine rings is 1. The van der Waals surface area contributed by atoms with E-state index in [1.54, 1.807) is 0 Å². The van der Waals surface area contributed by atoms with Gasteiger partial charge in [0, 0.05) is 23.7 Å². The highest BCUT2D eigenvalue weighted by atomic mass is 35.5. The van der Waals surface area contributed by atoms with Crippen molar-refractivity contribution in [2.24, 2.45) is 0 Å². The zero-order valence-corrected chi connectivity index (χ0v) is 17.3. The van der Waals surface area contributed by atoms with Crippen LogP contribution in [0.25, 0.3) is 0 Å². The van der Waals surface area contributed by atoms with Gasteiger partial charge in [0.1, 0.15) is 6.04 Å². The summed E-state index contributed by atoms with van der Waals surface area (Å²) in [4.78, 5) is 30.0. The van der Waals surface area contributed by atoms with Crippen molar-refractivity contribution < 1.29 is 24.5 Å². The third-order valence-corrected chi connectivity index (χ3v) is 5.97. The summed E-state index contributed by atoms with van der Waals surface area (Å²) >= 11 is 6.24. The molecule has 3 rings (SSSR count). The quantitative estimate of drug-likeness (QED) is 0.603. The third kappa shape index (κ3) is 5.67. The van der Waals surface area contributed by atoms with E-state index in [0.29, 0.717) is 52.5 Å². The summed E-state index contributed by atoms with van der Waals surface area (Å²) in [7, 11) is 0. The van der Waals surface area contributed by atoms with Crippen LogP contribution in [-0.2, 0) is 14.3 Å². The molecule has 2 heterocycles. The number of hydrogen-bond acceptors (Lipinski definition) is 3. The lowest BCUT2D eigenvalue weighted by Gasteiger charge is -2.33. The lowest BCUT2D eigenvalue weighted by atomic mass is 10.1. The van der Waals surface area contributed by atoms with E-state index in [2.05, 4.69) is 6.92 Å². The van der Waals surface area contributed by atoms with Gasteiger partial charge in [-0.15, -0.1) is 0 Å². The minimum Gasteiger partial charge on any atom is -0.378 e. The highest BCUT2D eigenvalue weighted by molar-refractivity contribution is 6.31. The standard InChI is InChI=1S/C20H29ClN4O3/c1-16(17-4-2-3-5-18(17)21)22-14-19(26)24-8-6-23(7-9-24)15-20(27)25-10-12-28-13-11-25/h2-5,16,22H,6-15H2,1H3/p+2/t16-/m1/s1. The molecule has 28 heavy (non-hydrogen) atoms. The van der Waals surface area contributed by atoms with Crippen LogP contribution in [0.3, 0.4) is 0 Å². The fourth-order valence-electron chi connectivity index (χ4n) is 3.77.